The lowest BCUT2D eigenvalue weighted by molar-refractivity contribution is 0.103. The number of thiophene rings is 1. The number of anilines is 2. The minimum absolute atomic E-state index is 0.221. The van der Waals surface area contributed by atoms with Crippen LogP contribution in [-0.2, 0) is 0 Å². The van der Waals surface area contributed by atoms with Gasteiger partial charge in [-0.05, 0) is 45.6 Å². The summed E-state index contributed by atoms with van der Waals surface area (Å²) in [7, 11) is 0. The van der Waals surface area contributed by atoms with Gasteiger partial charge in [-0.25, -0.2) is 0 Å². The van der Waals surface area contributed by atoms with E-state index in [1.807, 2.05) is 0 Å². The van der Waals surface area contributed by atoms with Gasteiger partial charge in [0.05, 0.1) is 5.02 Å². The number of nitrogen functional groups attached to an aromatic ring is 1. The van der Waals surface area contributed by atoms with Gasteiger partial charge in [-0.2, -0.15) is 0 Å². The fourth-order valence-electron chi connectivity index (χ4n) is 1.25. The van der Waals surface area contributed by atoms with Crippen molar-refractivity contribution < 1.29 is 4.79 Å². The van der Waals surface area contributed by atoms with Crippen LogP contribution in [0.1, 0.15) is 9.67 Å². The first-order valence-electron chi connectivity index (χ1n) is 4.67. The highest BCUT2D eigenvalue weighted by Crippen LogP contribution is 2.26. The van der Waals surface area contributed by atoms with Crippen molar-refractivity contribution in [3.63, 3.8) is 0 Å². The van der Waals surface area contributed by atoms with E-state index in [9.17, 15) is 4.79 Å². The number of nitrogens with one attached hydrogen (secondary N) is 1. The predicted octanol–water partition coefficient (Wildman–Crippen LogP) is 4.00. The van der Waals surface area contributed by atoms with Gasteiger partial charge in [-0.3, -0.25) is 4.79 Å². The van der Waals surface area contributed by atoms with Crippen molar-refractivity contribution >= 4 is 56.1 Å². The maximum Gasteiger partial charge on any atom is 0.267 e. The van der Waals surface area contributed by atoms with Gasteiger partial charge in [0.1, 0.15) is 4.88 Å². The van der Waals surface area contributed by atoms with Gasteiger partial charge >= 0.3 is 0 Å². The van der Waals surface area contributed by atoms with Crippen molar-refractivity contribution in [3.8, 4) is 0 Å². The van der Waals surface area contributed by atoms with Crippen molar-refractivity contribution in [1.82, 2.24) is 0 Å². The van der Waals surface area contributed by atoms with Crippen LogP contribution in [0.25, 0.3) is 0 Å². The molecule has 0 aliphatic heterocycles. The molecule has 0 spiro atoms. The summed E-state index contributed by atoms with van der Waals surface area (Å²) in [5.74, 6) is -0.221. The van der Waals surface area contributed by atoms with E-state index in [1.165, 1.54) is 11.3 Å². The number of carbonyl (C=O) groups is 1. The largest absolute Gasteiger partial charge is 0.398 e. The summed E-state index contributed by atoms with van der Waals surface area (Å²) < 4.78 is 0.743. The van der Waals surface area contributed by atoms with Crippen molar-refractivity contribution in [2.45, 2.75) is 0 Å². The maximum atomic E-state index is 11.9. The molecule has 2 rings (SSSR count). The second kappa shape index (κ2) is 5.08. The van der Waals surface area contributed by atoms with Gasteiger partial charge in [-0.1, -0.05) is 11.6 Å². The lowest BCUT2D eigenvalue weighted by Crippen LogP contribution is -2.10. The number of carbonyl (C=O) groups excluding carboxylic acids is 1. The quantitative estimate of drug-likeness (QED) is 0.817. The third-order valence-corrected chi connectivity index (χ3v) is 4.11. The van der Waals surface area contributed by atoms with Crippen LogP contribution in [0.4, 0.5) is 11.4 Å². The van der Waals surface area contributed by atoms with Crippen LogP contribution in [0.5, 0.6) is 0 Å². The Morgan fingerprint density at radius 3 is 2.76 bits per heavy atom. The molecule has 3 N–H and O–H groups in total. The molecule has 0 aliphatic carbocycles. The number of hydrogen-bond donors (Lipinski definition) is 2. The second-order valence-electron chi connectivity index (χ2n) is 3.29. The van der Waals surface area contributed by atoms with Crippen molar-refractivity contribution in [2.75, 3.05) is 11.1 Å². The monoisotopic (exact) mass is 330 g/mol. The molecule has 6 heteroatoms. The minimum Gasteiger partial charge on any atom is -0.398 e. The average Bonchev–Trinajstić information content (AvgIpc) is 2.70. The van der Waals surface area contributed by atoms with Crippen LogP contribution in [0.15, 0.2) is 34.1 Å². The minimum atomic E-state index is -0.221. The number of hydrogen-bond acceptors (Lipinski definition) is 3. The summed E-state index contributed by atoms with van der Waals surface area (Å²) in [5.41, 5.74) is 6.95. The van der Waals surface area contributed by atoms with Gasteiger partial charge in [0, 0.05) is 15.8 Å². The van der Waals surface area contributed by atoms with E-state index in [0.717, 1.165) is 4.47 Å². The number of amides is 1. The molecular formula is C11H8BrClN2OS. The molecule has 0 aliphatic rings. The first kappa shape index (κ1) is 12.4. The molecule has 88 valence electrons. The van der Waals surface area contributed by atoms with Crippen LogP contribution in [0.2, 0.25) is 5.02 Å². The summed E-state index contributed by atoms with van der Waals surface area (Å²) >= 11 is 10.5. The molecule has 17 heavy (non-hydrogen) atoms. The normalized spacial score (nSPS) is 10.2. The highest BCUT2D eigenvalue weighted by atomic mass is 79.9. The van der Waals surface area contributed by atoms with E-state index in [0.29, 0.717) is 21.3 Å². The molecule has 2 aromatic rings. The van der Waals surface area contributed by atoms with Crippen molar-refractivity contribution in [1.29, 1.82) is 0 Å². The summed E-state index contributed by atoms with van der Waals surface area (Å²) in [6.07, 6.45) is 0. The Bertz CT molecular complexity index is 570. The Morgan fingerprint density at radius 2 is 2.18 bits per heavy atom. The van der Waals surface area contributed by atoms with Gasteiger partial charge in [0.25, 0.3) is 5.91 Å². The molecular weight excluding hydrogens is 324 g/mol. The number of nitrogens with two attached hydrogens (primary N) is 1. The molecule has 1 amide bonds. The molecule has 0 bridgehead atoms. The van der Waals surface area contributed by atoms with Crippen LogP contribution < -0.4 is 11.1 Å². The van der Waals surface area contributed by atoms with Gasteiger partial charge in [-0.15, -0.1) is 11.3 Å². The van der Waals surface area contributed by atoms with E-state index in [1.54, 1.807) is 29.6 Å². The molecule has 1 aromatic heterocycles. The lowest BCUT2D eigenvalue weighted by Gasteiger charge is -2.06. The average molecular weight is 332 g/mol. The molecule has 0 atom stereocenters. The predicted molar refractivity (Wildman–Crippen MR) is 75.8 cm³/mol. The molecule has 0 saturated heterocycles. The number of benzene rings is 1. The molecule has 0 unspecified atom stereocenters. The first-order valence-corrected chi connectivity index (χ1v) is 6.72. The number of rotatable bonds is 2. The van der Waals surface area contributed by atoms with Gasteiger partial charge < -0.3 is 11.1 Å². The van der Waals surface area contributed by atoms with Crippen LogP contribution in [-0.4, -0.2) is 5.91 Å². The standard InChI is InChI=1S/C11H8BrClN2OS/c12-7-5-6(1-2-9(7)14)15-11(16)10-8(13)3-4-17-10/h1-5H,14H2,(H,15,16). The zero-order valence-electron chi connectivity index (χ0n) is 8.54. The molecule has 1 heterocycles. The van der Waals surface area contributed by atoms with E-state index in [4.69, 9.17) is 17.3 Å². The Hall–Kier alpha value is -1.04. The lowest BCUT2D eigenvalue weighted by atomic mass is 10.3. The number of halogens is 2. The molecule has 3 nitrogen and oxygen atoms in total. The highest BCUT2D eigenvalue weighted by molar-refractivity contribution is 9.10. The van der Waals surface area contributed by atoms with E-state index in [2.05, 4.69) is 21.2 Å². The van der Waals surface area contributed by atoms with Gasteiger partial charge in [0.2, 0.25) is 0 Å². The summed E-state index contributed by atoms with van der Waals surface area (Å²) in [5, 5.41) is 4.99. The fraction of sp³-hybridized carbons (Fsp3) is 0. The summed E-state index contributed by atoms with van der Waals surface area (Å²) in [6, 6.07) is 6.89. The van der Waals surface area contributed by atoms with Crippen LogP contribution in [0.3, 0.4) is 0 Å². The Kier molecular flexibility index (Phi) is 3.71. The van der Waals surface area contributed by atoms with E-state index < -0.39 is 0 Å². The smallest absolute Gasteiger partial charge is 0.267 e. The van der Waals surface area contributed by atoms with Gasteiger partial charge in [0.15, 0.2) is 0 Å². The van der Waals surface area contributed by atoms with Crippen molar-refractivity contribution in [2.24, 2.45) is 0 Å². The molecule has 0 fully saturated rings. The maximum absolute atomic E-state index is 11.9. The van der Waals surface area contributed by atoms with Crippen molar-refractivity contribution in [3.05, 3.63) is 44.0 Å². The molecule has 1 aromatic carbocycles. The van der Waals surface area contributed by atoms with Crippen LogP contribution in [0, 0.1) is 0 Å². The third-order valence-electron chi connectivity index (χ3n) is 2.08. The Morgan fingerprint density at radius 1 is 1.41 bits per heavy atom. The topological polar surface area (TPSA) is 55.1 Å². The van der Waals surface area contributed by atoms with Crippen LogP contribution >= 0.6 is 38.9 Å². The SMILES string of the molecule is Nc1ccc(NC(=O)c2sccc2Cl)cc1Br. The highest BCUT2D eigenvalue weighted by Gasteiger charge is 2.12. The second-order valence-corrected chi connectivity index (χ2v) is 5.47. The molecule has 0 radical (unpaired) electrons. The third kappa shape index (κ3) is 2.80. The summed E-state index contributed by atoms with van der Waals surface area (Å²) in [6.45, 7) is 0. The molecule has 0 saturated carbocycles. The first-order chi connectivity index (χ1) is 8.08. The Balaban J connectivity index is 2.19. The fourth-order valence-corrected chi connectivity index (χ4v) is 2.66. The zero-order chi connectivity index (χ0) is 12.4. The van der Waals surface area contributed by atoms with E-state index in [-0.39, 0.29) is 5.91 Å². The zero-order valence-corrected chi connectivity index (χ0v) is 11.7. The Labute approximate surface area is 116 Å². The van der Waals surface area contributed by atoms with E-state index >= 15 is 0 Å². The summed E-state index contributed by atoms with van der Waals surface area (Å²) in [4.78, 5) is 12.4.